The lowest BCUT2D eigenvalue weighted by molar-refractivity contribution is -0.113. The Morgan fingerprint density at radius 2 is 1.97 bits per heavy atom. The summed E-state index contributed by atoms with van der Waals surface area (Å²) in [5.74, 6) is 1.51. The molecule has 9 nitrogen and oxygen atoms in total. The third kappa shape index (κ3) is 4.89. The van der Waals surface area contributed by atoms with E-state index < -0.39 is 0 Å². The van der Waals surface area contributed by atoms with Crippen LogP contribution in [0.5, 0.6) is 17.5 Å². The van der Waals surface area contributed by atoms with Gasteiger partial charge in [-0.05, 0) is 49.4 Å². The van der Waals surface area contributed by atoms with Gasteiger partial charge in [-0.25, -0.2) is 4.68 Å². The lowest BCUT2D eigenvalue weighted by Gasteiger charge is -2.08. The maximum Gasteiger partial charge on any atom is 0.336 e. The van der Waals surface area contributed by atoms with Crippen LogP contribution in [0.2, 0.25) is 0 Å². The van der Waals surface area contributed by atoms with Gasteiger partial charge in [0, 0.05) is 17.9 Å². The first-order valence-electron chi connectivity index (χ1n) is 9.72. The quantitative estimate of drug-likeness (QED) is 0.399. The van der Waals surface area contributed by atoms with Crippen molar-refractivity contribution in [2.75, 3.05) is 37.8 Å². The van der Waals surface area contributed by atoms with Crippen LogP contribution in [0.1, 0.15) is 6.92 Å². The Balaban J connectivity index is 1.64. The molecule has 2 heterocycles. The maximum atomic E-state index is 11.5. The topological polar surface area (TPSA) is 96.7 Å². The summed E-state index contributed by atoms with van der Waals surface area (Å²) in [6, 6.07) is 13.0. The minimum atomic E-state index is -0.277. The van der Waals surface area contributed by atoms with Crippen LogP contribution in [-0.2, 0) is 9.53 Å². The highest BCUT2D eigenvalue weighted by Gasteiger charge is 2.19. The van der Waals surface area contributed by atoms with E-state index in [0.29, 0.717) is 42.8 Å². The van der Waals surface area contributed by atoms with Gasteiger partial charge in [-0.15, -0.1) is 16.7 Å². The molecule has 3 aromatic rings. The Morgan fingerprint density at radius 1 is 1.16 bits per heavy atom. The summed E-state index contributed by atoms with van der Waals surface area (Å²) in [6.45, 7) is 3.50. The first-order chi connectivity index (χ1) is 15.2. The predicted molar refractivity (Wildman–Crippen MR) is 114 cm³/mol. The van der Waals surface area contributed by atoms with Crippen LogP contribution in [0.4, 0.5) is 5.69 Å². The maximum absolute atomic E-state index is 11.5. The van der Waals surface area contributed by atoms with E-state index in [1.54, 1.807) is 16.8 Å². The van der Waals surface area contributed by atoms with Gasteiger partial charge in [0.15, 0.2) is 17.3 Å². The van der Waals surface area contributed by atoms with Crippen molar-refractivity contribution in [2.45, 2.75) is 6.92 Å². The zero-order valence-corrected chi connectivity index (χ0v) is 17.6. The Bertz CT molecular complexity index is 1050. The smallest absolute Gasteiger partial charge is 0.336 e. The monoisotopic (exact) mass is 444 g/mol. The fourth-order valence-electron chi connectivity index (χ4n) is 2.97. The minimum absolute atomic E-state index is 0.110. The minimum Gasteiger partial charge on any atom is -0.460 e. The fraction of sp³-hybridized carbons (Fsp3) is 0.286. The number of anilines is 1. The molecule has 162 valence electrons. The average molecular weight is 445 g/mol. The highest BCUT2D eigenvalue weighted by Crippen LogP contribution is 2.36. The molecule has 1 aliphatic heterocycles. The molecule has 0 aliphatic carbocycles. The van der Waals surface area contributed by atoms with E-state index in [1.807, 2.05) is 37.3 Å². The van der Waals surface area contributed by atoms with Crippen molar-refractivity contribution >= 4 is 23.2 Å². The molecule has 4 rings (SSSR count). The second-order valence-electron chi connectivity index (χ2n) is 6.47. The van der Waals surface area contributed by atoms with Crippen LogP contribution >= 0.6 is 11.6 Å². The second-order valence-corrected chi connectivity index (χ2v) is 6.74. The number of carbonyl (C=O) groups is 1. The zero-order valence-electron chi connectivity index (χ0n) is 16.8. The second kappa shape index (κ2) is 9.67. The normalized spacial score (nSPS) is 12.1. The third-order valence-electron chi connectivity index (χ3n) is 4.40. The molecular formula is C21H21ClN4O5. The van der Waals surface area contributed by atoms with E-state index >= 15 is 0 Å². The standard InChI is InChI=1S/C21H21ClN4O5/c1-2-28-9-10-29-21-24-20(14-3-8-17-18(11-14)31-13-30-17)26(25-21)16-6-4-15(5-7-16)23-19(27)12-22/h3-8,11H,2,9-10,12-13H2,1H3,(H,23,27). The van der Waals surface area contributed by atoms with Gasteiger partial charge in [-0.1, -0.05) is 0 Å². The molecule has 1 N–H and O–H groups in total. The lowest BCUT2D eigenvalue weighted by Crippen LogP contribution is -2.12. The number of aromatic nitrogens is 3. The van der Waals surface area contributed by atoms with Gasteiger partial charge in [0.1, 0.15) is 12.5 Å². The first kappa shape index (κ1) is 21.0. The molecule has 2 aromatic carbocycles. The van der Waals surface area contributed by atoms with E-state index in [-0.39, 0.29) is 24.6 Å². The van der Waals surface area contributed by atoms with Crippen molar-refractivity contribution in [3.63, 3.8) is 0 Å². The molecule has 31 heavy (non-hydrogen) atoms. The number of hydrogen-bond donors (Lipinski definition) is 1. The summed E-state index contributed by atoms with van der Waals surface area (Å²) in [4.78, 5) is 16.1. The molecule has 1 aliphatic rings. The Hall–Kier alpha value is -3.30. The number of hydrogen-bond acceptors (Lipinski definition) is 7. The molecule has 0 bridgehead atoms. The number of nitrogens with zero attached hydrogens (tertiary/aromatic N) is 3. The van der Waals surface area contributed by atoms with Gasteiger partial charge in [0.2, 0.25) is 12.7 Å². The summed E-state index contributed by atoms with van der Waals surface area (Å²) < 4.78 is 23.5. The number of halogens is 1. The van der Waals surface area contributed by atoms with Crippen LogP contribution < -0.4 is 19.5 Å². The van der Waals surface area contributed by atoms with E-state index in [2.05, 4.69) is 15.4 Å². The average Bonchev–Trinajstić information content (AvgIpc) is 3.43. The van der Waals surface area contributed by atoms with E-state index in [9.17, 15) is 4.79 Å². The molecule has 0 radical (unpaired) electrons. The molecule has 10 heteroatoms. The summed E-state index contributed by atoms with van der Waals surface area (Å²) >= 11 is 5.55. The molecule has 0 atom stereocenters. The van der Waals surface area contributed by atoms with Crippen molar-refractivity contribution in [3.05, 3.63) is 42.5 Å². The van der Waals surface area contributed by atoms with Crippen LogP contribution in [0.3, 0.4) is 0 Å². The number of fused-ring (bicyclic) bond motifs is 1. The van der Waals surface area contributed by atoms with Crippen LogP contribution in [-0.4, -0.2) is 53.2 Å². The number of ether oxygens (including phenoxy) is 4. The van der Waals surface area contributed by atoms with Gasteiger partial charge < -0.3 is 24.3 Å². The van der Waals surface area contributed by atoms with Crippen LogP contribution in [0.15, 0.2) is 42.5 Å². The zero-order chi connectivity index (χ0) is 21.6. The van der Waals surface area contributed by atoms with Crippen molar-refractivity contribution in [2.24, 2.45) is 0 Å². The molecule has 1 aromatic heterocycles. The summed E-state index contributed by atoms with van der Waals surface area (Å²) in [6.07, 6.45) is 0. The molecule has 0 saturated heterocycles. The van der Waals surface area contributed by atoms with Gasteiger partial charge in [0.25, 0.3) is 0 Å². The van der Waals surface area contributed by atoms with Crippen LogP contribution in [0, 0.1) is 0 Å². The first-order valence-corrected chi connectivity index (χ1v) is 10.2. The number of rotatable bonds is 9. The van der Waals surface area contributed by atoms with Crippen LogP contribution in [0.25, 0.3) is 17.1 Å². The molecular weight excluding hydrogens is 424 g/mol. The Labute approximate surface area is 183 Å². The highest BCUT2D eigenvalue weighted by molar-refractivity contribution is 6.29. The van der Waals surface area contributed by atoms with Gasteiger partial charge >= 0.3 is 6.01 Å². The molecule has 0 unspecified atom stereocenters. The fourth-order valence-corrected chi connectivity index (χ4v) is 3.04. The highest BCUT2D eigenvalue weighted by atomic mass is 35.5. The van der Waals surface area contributed by atoms with E-state index in [1.165, 1.54) is 0 Å². The van der Waals surface area contributed by atoms with Crippen molar-refractivity contribution < 1.29 is 23.7 Å². The third-order valence-corrected chi connectivity index (χ3v) is 4.64. The number of alkyl halides is 1. The van der Waals surface area contributed by atoms with Gasteiger partial charge in [-0.2, -0.15) is 4.98 Å². The van der Waals surface area contributed by atoms with Crippen molar-refractivity contribution in [1.82, 2.24) is 14.8 Å². The predicted octanol–water partition coefficient (Wildman–Crippen LogP) is 3.26. The van der Waals surface area contributed by atoms with E-state index in [4.69, 9.17) is 30.5 Å². The number of amides is 1. The largest absolute Gasteiger partial charge is 0.460 e. The molecule has 0 saturated carbocycles. The molecule has 0 fully saturated rings. The number of nitrogens with one attached hydrogen (secondary N) is 1. The summed E-state index contributed by atoms with van der Waals surface area (Å²) in [5, 5.41) is 7.21. The summed E-state index contributed by atoms with van der Waals surface area (Å²) in [5.41, 5.74) is 2.16. The number of benzene rings is 2. The Kier molecular flexibility index (Phi) is 6.54. The molecule has 1 amide bonds. The summed E-state index contributed by atoms with van der Waals surface area (Å²) in [7, 11) is 0. The van der Waals surface area contributed by atoms with E-state index in [0.717, 1.165) is 11.3 Å². The molecule has 0 spiro atoms. The Morgan fingerprint density at radius 3 is 2.74 bits per heavy atom. The number of carbonyl (C=O) groups excluding carboxylic acids is 1. The van der Waals surface area contributed by atoms with Gasteiger partial charge in [-0.3, -0.25) is 4.79 Å². The van der Waals surface area contributed by atoms with Crippen molar-refractivity contribution in [1.29, 1.82) is 0 Å². The van der Waals surface area contributed by atoms with Crippen molar-refractivity contribution in [3.8, 4) is 34.6 Å². The SMILES string of the molecule is CCOCCOc1nc(-c2ccc3c(c2)OCO3)n(-c2ccc(NC(=O)CCl)cc2)n1. The lowest BCUT2D eigenvalue weighted by atomic mass is 10.2. The van der Waals surface area contributed by atoms with Gasteiger partial charge in [0.05, 0.1) is 12.3 Å².